The van der Waals surface area contributed by atoms with Crippen molar-refractivity contribution in [1.82, 2.24) is 4.72 Å². The largest absolute Gasteiger partial charge is 0.480 e. The minimum atomic E-state index is -3.91. The van der Waals surface area contributed by atoms with Crippen LogP contribution < -0.4 is 15.2 Å². The number of primary amides is 1. The topological polar surface area (TPSA) is 125 Å². The molecular formula is C11H13ClN2O6S. The lowest BCUT2D eigenvalue weighted by atomic mass is 10.3. The molecule has 0 radical (unpaired) electrons. The van der Waals surface area contributed by atoms with Crippen LogP contribution in [0.1, 0.15) is 0 Å². The lowest BCUT2D eigenvalue weighted by molar-refractivity contribution is -0.142. The van der Waals surface area contributed by atoms with E-state index in [0.717, 1.165) is 6.07 Å². The molecule has 1 aromatic carbocycles. The summed E-state index contributed by atoms with van der Waals surface area (Å²) < 4.78 is 35.1. The number of carbonyl (C=O) groups excluding carboxylic acids is 2. The van der Waals surface area contributed by atoms with Gasteiger partial charge in [0, 0.05) is 0 Å². The number of nitrogens with one attached hydrogen (secondary N) is 1. The van der Waals surface area contributed by atoms with Crippen LogP contribution in [0.25, 0.3) is 0 Å². The molecule has 0 aromatic heterocycles. The number of benzene rings is 1. The highest BCUT2D eigenvalue weighted by Gasteiger charge is 2.17. The minimum Gasteiger partial charge on any atom is -0.480 e. The molecule has 0 bridgehead atoms. The maximum atomic E-state index is 11.8. The predicted octanol–water partition coefficient (Wildman–Crippen LogP) is -0.345. The summed E-state index contributed by atoms with van der Waals surface area (Å²) in [5.74, 6) is -1.30. The summed E-state index contributed by atoms with van der Waals surface area (Å²) in [6, 6.07) is 3.61. The molecule has 0 aliphatic carbocycles. The van der Waals surface area contributed by atoms with Gasteiger partial charge in [-0.1, -0.05) is 11.6 Å². The van der Waals surface area contributed by atoms with E-state index in [4.69, 9.17) is 22.1 Å². The Morgan fingerprint density at radius 2 is 2.05 bits per heavy atom. The lowest BCUT2D eigenvalue weighted by Gasteiger charge is -2.09. The van der Waals surface area contributed by atoms with E-state index in [2.05, 4.69) is 4.74 Å². The second-order valence-electron chi connectivity index (χ2n) is 3.75. The first kappa shape index (κ1) is 17.2. The molecule has 1 amide bonds. The number of carbonyl (C=O) groups is 2. The normalized spacial score (nSPS) is 11.0. The third-order valence-electron chi connectivity index (χ3n) is 2.22. The molecule has 0 unspecified atom stereocenters. The minimum absolute atomic E-state index is 0.0131. The second-order valence-corrected chi connectivity index (χ2v) is 5.92. The smallest absolute Gasteiger partial charge is 0.343 e. The summed E-state index contributed by atoms with van der Waals surface area (Å²) in [5, 5.41) is -0.0131. The van der Waals surface area contributed by atoms with Crippen molar-refractivity contribution in [3.8, 4) is 5.75 Å². The Morgan fingerprint density at radius 3 is 2.57 bits per heavy atom. The molecule has 0 atom stereocenters. The molecule has 1 aromatic rings. The maximum Gasteiger partial charge on any atom is 0.343 e. The molecule has 21 heavy (non-hydrogen) atoms. The third kappa shape index (κ3) is 5.21. The van der Waals surface area contributed by atoms with Gasteiger partial charge in [-0.3, -0.25) is 4.79 Å². The van der Waals surface area contributed by atoms with Crippen LogP contribution in [0.2, 0.25) is 5.02 Å². The summed E-state index contributed by atoms with van der Waals surface area (Å²) in [4.78, 5) is 21.3. The number of hydrogen-bond donors (Lipinski definition) is 2. The summed E-state index contributed by atoms with van der Waals surface area (Å²) in [6.45, 7) is -0.886. The Balaban J connectivity index is 2.86. The third-order valence-corrected chi connectivity index (χ3v) is 3.92. The first-order valence-corrected chi connectivity index (χ1v) is 7.39. The number of esters is 1. The molecular weight excluding hydrogens is 324 g/mol. The van der Waals surface area contributed by atoms with Gasteiger partial charge in [0.25, 0.3) is 0 Å². The average Bonchev–Trinajstić information content (AvgIpc) is 2.43. The van der Waals surface area contributed by atoms with E-state index >= 15 is 0 Å². The Morgan fingerprint density at radius 1 is 1.38 bits per heavy atom. The van der Waals surface area contributed by atoms with Crippen LogP contribution in [0.3, 0.4) is 0 Å². The van der Waals surface area contributed by atoms with Gasteiger partial charge in [0.15, 0.2) is 6.61 Å². The van der Waals surface area contributed by atoms with Gasteiger partial charge in [-0.15, -0.1) is 0 Å². The van der Waals surface area contributed by atoms with Crippen LogP contribution in [0.5, 0.6) is 5.75 Å². The van der Waals surface area contributed by atoms with Crippen LogP contribution in [0.4, 0.5) is 0 Å². The molecule has 0 aliphatic heterocycles. The average molecular weight is 337 g/mol. The summed E-state index contributed by atoms with van der Waals surface area (Å²) in [5.41, 5.74) is 4.86. The van der Waals surface area contributed by atoms with E-state index < -0.39 is 28.4 Å². The van der Waals surface area contributed by atoms with Crippen molar-refractivity contribution in [1.29, 1.82) is 0 Å². The number of sulfonamides is 1. The van der Waals surface area contributed by atoms with Gasteiger partial charge in [-0.25, -0.2) is 17.9 Å². The van der Waals surface area contributed by atoms with Gasteiger partial charge in [-0.2, -0.15) is 0 Å². The highest BCUT2D eigenvalue weighted by Crippen LogP contribution is 2.27. The van der Waals surface area contributed by atoms with Crippen LogP contribution in [-0.4, -0.2) is 40.6 Å². The highest BCUT2D eigenvalue weighted by atomic mass is 35.5. The molecule has 10 heteroatoms. The van der Waals surface area contributed by atoms with Crippen molar-refractivity contribution in [3.05, 3.63) is 23.2 Å². The van der Waals surface area contributed by atoms with E-state index in [0.29, 0.717) is 0 Å². The summed E-state index contributed by atoms with van der Waals surface area (Å²) >= 11 is 5.86. The number of amides is 1. The van der Waals surface area contributed by atoms with E-state index in [1.54, 1.807) is 0 Å². The van der Waals surface area contributed by atoms with Gasteiger partial charge < -0.3 is 15.2 Å². The Hall–Kier alpha value is -1.84. The first-order valence-electron chi connectivity index (χ1n) is 5.53. The van der Waals surface area contributed by atoms with Crippen molar-refractivity contribution >= 4 is 33.5 Å². The second kappa shape index (κ2) is 7.25. The van der Waals surface area contributed by atoms with Gasteiger partial charge in [0.05, 0.1) is 23.6 Å². The highest BCUT2D eigenvalue weighted by molar-refractivity contribution is 7.89. The van der Waals surface area contributed by atoms with E-state index in [-0.39, 0.29) is 22.3 Å². The Bertz CT molecular complexity index is 646. The van der Waals surface area contributed by atoms with Gasteiger partial charge in [-0.05, 0) is 18.2 Å². The monoisotopic (exact) mass is 336 g/mol. The molecule has 1 rings (SSSR count). The zero-order chi connectivity index (χ0) is 16.0. The van der Waals surface area contributed by atoms with Crippen molar-refractivity contribution in [2.24, 2.45) is 5.73 Å². The molecule has 0 saturated carbocycles. The number of rotatable bonds is 7. The first-order chi connectivity index (χ1) is 9.76. The zero-order valence-electron chi connectivity index (χ0n) is 11.0. The molecule has 8 nitrogen and oxygen atoms in total. The number of hydrogen-bond acceptors (Lipinski definition) is 6. The van der Waals surface area contributed by atoms with Crippen molar-refractivity contribution in [3.63, 3.8) is 0 Å². The standard InChI is InChI=1S/C11H13ClN2O6S/c1-19-11(16)6-20-9-3-2-7(4-8(9)12)21(17,18)14-5-10(13)15/h2-4,14H,5-6H2,1H3,(H2,13,15). The maximum absolute atomic E-state index is 11.8. The van der Waals surface area contributed by atoms with Crippen molar-refractivity contribution in [2.45, 2.75) is 4.90 Å². The molecule has 116 valence electrons. The van der Waals surface area contributed by atoms with Crippen LogP contribution >= 0.6 is 11.6 Å². The van der Waals surface area contributed by atoms with Gasteiger partial charge in [0.2, 0.25) is 15.9 Å². The van der Waals surface area contributed by atoms with E-state index in [1.165, 1.54) is 19.2 Å². The number of methoxy groups -OCH3 is 1. The van der Waals surface area contributed by atoms with Crippen LogP contribution in [0.15, 0.2) is 23.1 Å². The van der Waals surface area contributed by atoms with Gasteiger partial charge in [0.1, 0.15) is 5.75 Å². The quantitative estimate of drug-likeness (QED) is 0.656. The molecule has 3 N–H and O–H groups in total. The SMILES string of the molecule is COC(=O)COc1ccc(S(=O)(=O)NCC(N)=O)cc1Cl. The zero-order valence-corrected chi connectivity index (χ0v) is 12.5. The van der Waals surface area contributed by atoms with E-state index in [9.17, 15) is 18.0 Å². The number of ether oxygens (including phenoxy) is 2. The van der Waals surface area contributed by atoms with E-state index in [1.807, 2.05) is 4.72 Å². The van der Waals surface area contributed by atoms with Crippen LogP contribution in [-0.2, 0) is 24.3 Å². The molecule has 0 spiro atoms. The fraction of sp³-hybridized carbons (Fsp3) is 0.273. The molecule has 0 fully saturated rings. The predicted molar refractivity (Wildman–Crippen MR) is 73.3 cm³/mol. The molecule has 0 saturated heterocycles. The fourth-order valence-corrected chi connectivity index (χ4v) is 2.53. The number of halogens is 1. The number of nitrogens with two attached hydrogens (primary N) is 1. The molecule has 0 aliphatic rings. The Kier molecular flexibility index (Phi) is 5.94. The Labute approximate surface area is 126 Å². The fourth-order valence-electron chi connectivity index (χ4n) is 1.21. The summed E-state index contributed by atoms with van der Waals surface area (Å²) in [6.07, 6.45) is 0. The molecule has 0 heterocycles. The summed E-state index contributed by atoms with van der Waals surface area (Å²) in [7, 11) is -2.71. The van der Waals surface area contributed by atoms with Gasteiger partial charge >= 0.3 is 5.97 Å². The lowest BCUT2D eigenvalue weighted by Crippen LogP contribution is -2.33. The van der Waals surface area contributed by atoms with Crippen molar-refractivity contribution in [2.75, 3.05) is 20.3 Å². The van der Waals surface area contributed by atoms with Crippen LogP contribution in [0, 0.1) is 0 Å². The van der Waals surface area contributed by atoms with Crippen molar-refractivity contribution < 1.29 is 27.5 Å².